The molecule has 78 valence electrons. The lowest BCUT2D eigenvalue weighted by Crippen LogP contribution is -1.95. The molecule has 1 aromatic heterocycles. The van der Waals surface area contributed by atoms with Gasteiger partial charge >= 0.3 is 0 Å². The number of rotatable bonds is 3. The van der Waals surface area contributed by atoms with Gasteiger partial charge in [0.05, 0.1) is 12.2 Å². The molecule has 4 heteroatoms. The number of benzene rings is 1. The van der Waals surface area contributed by atoms with E-state index in [-0.39, 0.29) is 0 Å². The minimum absolute atomic E-state index is 0.506. The molecule has 0 aliphatic rings. The molecule has 0 saturated heterocycles. The molecule has 3 nitrogen and oxygen atoms in total. The van der Waals surface area contributed by atoms with Gasteiger partial charge in [-0.25, -0.2) is 0 Å². The molecule has 0 aliphatic carbocycles. The number of furan rings is 1. The van der Waals surface area contributed by atoms with E-state index in [1.54, 1.807) is 12.1 Å². The summed E-state index contributed by atoms with van der Waals surface area (Å²) < 4.78 is 11.3. The highest BCUT2D eigenvalue weighted by Crippen LogP contribution is 2.29. The third kappa shape index (κ3) is 1.90. The highest BCUT2D eigenvalue weighted by Gasteiger charge is 2.08. The maximum absolute atomic E-state index is 10.8. The molecule has 0 fully saturated rings. The molecule has 2 rings (SSSR count). The van der Waals surface area contributed by atoms with Gasteiger partial charge in [0.2, 0.25) is 0 Å². The van der Waals surface area contributed by atoms with Crippen LogP contribution in [0.3, 0.4) is 0 Å². The van der Waals surface area contributed by atoms with Crippen molar-refractivity contribution in [2.45, 2.75) is 6.92 Å². The monoisotopic (exact) mass is 268 g/mol. The van der Waals surface area contributed by atoms with E-state index in [9.17, 15) is 4.79 Å². The van der Waals surface area contributed by atoms with Gasteiger partial charge in [-0.1, -0.05) is 0 Å². The van der Waals surface area contributed by atoms with Gasteiger partial charge in [0.1, 0.15) is 11.3 Å². The molecule has 0 atom stereocenters. The lowest BCUT2D eigenvalue weighted by atomic mass is 10.1. The van der Waals surface area contributed by atoms with E-state index in [4.69, 9.17) is 9.15 Å². The largest absolute Gasteiger partial charge is 0.493 e. The number of halogens is 1. The number of hydrogen-bond donors (Lipinski definition) is 0. The second-order valence-electron chi connectivity index (χ2n) is 3.03. The first-order chi connectivity index (χ1) is 7.24. The summed E-state index contributed by atoms with van der Waals surface area (Å²) in [6.07, 6.45) is 0.765. The van der Waals surface area contributed by atoms with Crippen LogP contribution in [-0.4, -0.2) is 12.9 Å². The summed E-state index contributed by atoms with van der Waals surface area (Å²) in [5.74, 6) is 0.591. The maximum Gasteiger partial charge on any atom is 0.170 e. The molecule has 0 saturated carbocycles. The number of aldehydes is 1. The zero-order chi connectivity index (χ0) is 10.8. The Morgan fingerprint density at radius 1 is 1.47 bits per heavy atom. The molecule has 15 heavy (non-hydrogen) atoms. The number of ether oxygens (including phenoxy) is 1. The van der Waals surface area contributed by atoms with Gasteiger partial charge in [-0.15, -0.1) is 0 Å². The standard InChI is InChI=1S/C11H9BrO3/c1-2-14-9-3-7-5-11(12)15-10(7)4-8(9)6-13/h3-6H,2H2,1H3. The fourth-order valence-corrected chi connectivity index (χ4v) is 1.84. The predicted molar refractivity (Wildman–Crippen MR) is 60.5 cm³/mol. The normalized spacial score (nSPS) is 10.5. The molecule has 1 aromatic carbocycles. The Kier molecular flexibility index (Phi) is 2.77. The number of hydrogen-bond acceptors (Lipinski definition) is 3. The fourth-order valence-electron chi connectivity index (χ4n) is 1.42. The van der Waals surface area contributed by atoms with Crippen molar-refractivity contribution in [2.75, 3.05) is 6.61 Å². The summed E-state index contributed by atoms with van der Waals surface area (Å²) in [5, 5.41) is 0.913. The van der Waals surface area contributed by atoms with E-state index in [0.29, 0.717) is 28.2 Å². The summed E-state index contributed by atoms with van der Waals surface area (Å²) in [6, 6.07) is 5.32. The minimum atomic E-state index is 0.506. The average Bonchev–Trinajstić information content (AvgIpc) is 2.56. The molecule has 0 radical (unpaired) electrons. The first-order valence-corrected chi connectivity index (χ1v) is 5.35. The molecule has 1 heterocycles. The Labute approximate surface area is 95.1 Å². The van der Waals surface area contributed by atoms with Crippen LogP contribution in [0.15, 0.2) is 27.3 Å². The highest BCUT2D eigenvalue weighted by atomic mass is 79.9. The van der Waals surface area contributed by atoms with E-state index in [0.717, 1.165) is 11.7 Å². The van der Waals surface area contributed by atoms with Gasteiger partial charge < -0.3 is 9.15 Å². The molecule has 0 spiro atoms. The highest BCUT2D eigenvalue weighted by molar-refractivity contribution is 9.10. The average molecular weight is 269 g/mol. The lowest BCUT2D eigenvalue weighted by molar-refractivity contribution is 0.112. The van der Waals surface area contributed by atoms with Crippen LogP contribution in [0.25, 0.3) is 11.0 Å². The van der Waals surface area contributed by atoms with Crippen LogP contribution < -0.4 is 4.74 Å². The van der Waals surface area contributed by atoms with Crippen molar-refractivity contribution in [3.63, 3.8) is 0 Å². The SMILES string of the molecule is CCOc1cc2cc(Br)oc2cc1C=O. The molecule has 2 aromatic rings. The van der Waals surface area contributed by atoms with Gasteiger partial charge in [0, 0.05) is 5.39 Å². The first-order valence-electron chi connectivity index (χ1n) is 4.55. The van der Waals surface area contributed by atoms with Gasteiger partial charge in [-0.05, 0) is 41.1 Å². The molecule has 0 unspecified atom stereocenters. The molecule has 0 amide bonds. The Bertz CT molecular complexity index is 502. The number of carbonyl (C=O) groups is 1. The molecular formula is C11H9BrO3. The van der Waals surface area contributed by atoms with Crippen molar-refractivity contribution in [2.24, 2.45) is 0 Å². The van der Waals surface area contributed by atoms with Crippen LogP contribution >= 0.6 is 15.9 Å². The molecule has 0 bridgehead atoms. The minimum Gasteiger partial charge on any atom is -0.493 e. The molecular weight excluding hydrogens is 260 g/mol. The lowest BCUT2D eigenvalue weighted by Gasteiger charge is -2.05. The topological polar surface area (TPSA) is 39.4 Å². The van der Waals surface area contributed by atoms with Gasteiger partial charge in [-0.2, -0.15) is 0 Å². The third-order valence-corrected chi connectivity index (χ3v) is 2.44. The van der Waals surface area contributed by atoms with Crippen molar-refractivity contribution < 1.29 is 13.9 Å². The van der Waals surface area contributed by atoms with Crippen LogP contribution in [0.5, 0.6) is 5.75 Å². The maximum atomic E-state index is 10.8. The van der Waals surface area contributed by atoms with Crippen LogP contribution in [0.4, 0.5) is 0 Å². The second kappa shape index (κ2) is 4.06. The van der Waals surface area contributed by atoms with E-state index in [1.807, 2.05) is 13.0 Å². The van der Waals surface area contributed by atoms with E-state index >= 15 is 0 Å². The van der Waals surface area contributed by atoms with Crippen molar-refractivity contribution in [3.05, 3.63) is 28.4 Å². The van der Waals surface area contributed by atoms with Crippen molar-refractivity contribution >= 4 is 33.2 Å². The van der Waals surface area contributed by atoms with Crippen molar-refractivity contribution in [1.82, 2.24) is 0 Å². The van der Waals surface area contributed by atoms with Gasteiger partial charge in [0.15, 0.2) is 11.0 Å². The zero-order valence-corrected chi connectivity index (χ0v) is 9.71. The Morgan fingerprint density at radius 2 is 2.27 bits per heavy atom. The summed E-state index contributed by atoms with van der Waals surface area (Å²) in [5.41, 5.74) is 1.18. The number of carbonyl (C=O) groups excluding carboxylic acids is 1. The van der Waals surface area contributed by atoms with Crippen LogP contribution in [0, 0.1) is 0 Å². The fraction of sp³-hybridized carbons (Fsp3) is 0.182. The smallest absolute Gasteiger partial charge is 0.170 e. The van der Waals surface area contributed by atoms with E-state index in [1.165, 1.54) is 0 Å². The zero-order valence-electron chi connectivity index (χ0n) is 8.12. The van der Waals surface area contributed by atoms with Crippen LogP contribution in [-0.2, 0) is 0 Å². The Balaban J connectivity index is 2.62. The summed E-state index contributed by atoms with van der Waals surface area (Å²) in [6.45, 7) is 2.41. The Morgan fingerprint density at radius 3 is 2.93 bits per heavy atom. The Hall–Kier alpha value is -1.29. The molecule has 0 aliphatic heterocycles. The van der Waals surface area contributed by atoms with Crippen LogP contribution in [0.2, 0.25) is 0 Å². The third-order valence-electron chi connectivity index (χ3n) is 2.05. The first kappa shape index (κ1) is 10.2. The second-order valence-corrected chi connectivity index (χ2v) is 3.81. The quantitative estimate of drug-likeness (QED) is 0.801. The molecule has 0 N–H and O–H groups in total. The summed E-state index contributed by atoms with van der Waals surface area (Å²) in [7, 11) is 0. The summed E-state index contributed by atoms with van der Waals surface area (Å²) in [4.78, 5) is 10.8. The van der Waals surface area contributed by atoms with Gasteiger partial charge in [0.25, 0.3) is 0 Å². The van der Waals surface area contributed by atoms with E-state index in [2.05, 4.69) is 15.9 Å². The van der Waals surface area contributed by atoms with Gasteiger partial charge in [-0.3, -0.25) is 4.79 Å². The summed E-state index contributed by atoms with van der Waals surface area (Å²) >= 11 is 3.24. The number of fused-ring (bicyclic) bond motifs is 1. The van der Waals surface area contributed by atoms with Crippen molar-refractivity contribution in [3.8, 4) is 5.75 Å². The van der Waals surface area contributed by atoms with Crippen molar-refractivity contribution in [1.29, 1.82) is 0 Å². The van der Waals surface area contributed by atoms with Crippen LogP contribution in [0.1, 0.15) is 17.3 Å². The van der Waals surface area contributed by atoms with E-state index < -0.39 is 0 Å². The predicted octanol–water partition coefficient (Wildman–Crippen LogP) is 3.41.